The number of carbonyl (C=O) groups is 1. The minimum absolute atomic E-state index is 0.146. The summed E-state index contributed by atoms with van der Waals surface area (Å²) in [7, 11) is 0. The Morgan fingerprint density at radius 1 is 1.53 bits per heavy atom. The molecule has 0 aromatic carbocycles. The first kappa shape index (κ1) is 13.2. The van der Waals surface area contributed by atoms with Crippen LogP contribution in [0.3, 0.4) is 0 Å². The van der Waals surface area contributed by atoms with Crippen molar-refractivity contribution in [3.8, 4) is 0 Å². The van der Waals surface area contributed by atoms with E-state index in [1.807, 2.05) is 6.92 Å². The SMILES string of the molecule is CC(CO)SCC(NC1CC1)(C(N)=O)C1CC1. The Labute approximate surface area is 107 Å². The number of rotatable bonds is 8. The van der Waals surface area contributed by atoms with Crippen molar-refractivity contribution in [2.75, 3.05) is 12.4 Å². The van der Waals surface area contributed by atoms with E-state index < -0.39 is 5.54 Å². The van der Waals surface area contributed by atoms with Crippen LogP contribution in [0, 0.1) is 5.92 Å². The number of carbonyl (C=O) groups excluding carboxylic acids is 1. The number of thioether (sulfide) groups is 1. The van der Waals surface area contributed by atoms with E-state index in [9.17, 15) is 4.79 Å². The van der Waals surface area contributed by atoms with E-state index in [4.69, 9.17) is 10.8 Å². The number of hydrogen-bond acceptors (Lipinski definition) is 4. The summed E-state index contributed by atoms with van der Waals surface area (Å²) in [5.41, 5.74) is 5.11. The van der Waals surface area contributed by atoms with Crippen LogP contribution in [0.25, 0.3) is 0 Å². The van der Waals surface area contributed by atoms with Crippen molar-refractivity contribution < 1.29 is 9.90 Å². The van der Waals surface area contributed by atoms with Gasteiger partial charge in [0, 0.05) is 17.0 Å². The maximum Gasteiger partial charge on any atom is 0.238 e. The largest absolute Gasteiger partial charge is 0.395 e. The number of nitrogens with one attached hydrogen (secondary N) is 1. The lowest BCUT2D eigenvalue weighted by Gasteiger charge is -2.32. The van der Waals surface area contributed by atoms with E-state index in [0.717, 1.165) is 25.7 Å². The molecule has 4 N–H and O–H groups in total. The molecule has 2 aliphatic carbocycles. The van der Waals surface area contributed by atoms with Crippen molar-refractivity contribution >= 4 is 17.7 Å². The molecule has 0 aliphatic heterocycles. The standard InChI is InChI=1S/C12H22N2O2S/c1-8(6-15)17-7-12(11(13)16,9-2-3-9)14-10-4-5-10/h8-10,14-15H,2-7H2,1H3,(H2,13,16). The number of nitrogens with two attached hydrogens (primary N) is 1. The normalized spacial score (nSPS) is 25.3. The highest BCUT2D eigenvalue weighted by Crippen LogP contribution is 2.43. The smallest absolute Gasteiger partial charge is 0.238 e. The van der Waals surface area contributed by atoms with Crippen LogP contribution in [-0.2, 0) is 4.79 Å². The predicted octanol–water partition coefficient (Wildman–Crippen LogP) is 0.487. The van der Waals surface area contributed by atoms with Crippen LogP contribution in [0.4, 0.5) is 0 Å². The average Bonchev–Trinajstić information content (AvgIpc) is 3.15. The highest BCUT2D eigenvalue weighted by Gasteiger charge is 2.51. The summed E-state index contributed by atoms with van der Waals surface area (Å²) >= 11 is 1.64. The van der Waals surface area contributed by atoms with Gasteiger partial charge in [-0.25, -0.2) is 0 Å². The first-order chi connectivity index (χ1) is 8.08. The summed E-state index contributed by atoms with van der Waals surface area (Å²) in [6, 6.07) is 0.480. The Balaban J connectivity index is 2.00. The summed E-state index contributed by atoms with van der Waals surface area (Å²) in [5.74, 6) is 0.870. The van der Waals surface area contributed by atoms with Gasteiger partial charge < -0.3 is 10.8 Å². The fourth-order valence-corrected chi connectivity index (χ4v) is 3.23. The van der Waals surface area contributed by atoms with E-state index in [1.54, 1.807) is 11.8 Å². The van der Waals surface area contributed by atoms with Gasteiger partial charge in [0.25, 0.3) is 0 Å². The van der Waals surface area contributed by atoms with E-state index in [2.05, 4.69) is 5.32 Å². The van der Waals surface area contributed by atoms with Crippen molar-refractivity contribution in [1.29, 1.82) is 0 Å². The summed E-state index contributed by atoms with van der Waals surface area (Å²) in [4.78, 5) is 11.9. The zero-order valence-electron chi connectivity index (χ0n) is 10.3. The molecule has 2 fully saturated rings. The molecule has 98 valence electrons. The van der Waals surface area contributed by atoms with Crippen LogP contribution in [0.1, 0.15) is 32.6 Å². The topological polar surface area (TPSA) is 75.3 Å². The molecule has 17 heavy (non-hydrogen) atoms. The number of primary amides is 1. The Morgan fingerprint density at radius 3 is 2.59 bits per heavy atom. The minimum Gasteiger partial charge on any atom is -0.395 e. The summed E-state index contributed by atoms with van der Waals surface area (Å²) in [5, 5.41) is 12.7. The second-order valence-corrected chi connectivity index (χ2v) is 6.76. The maximum atomic E-state index is 11.9. The van der Waals surface area contributed by atoms with Gasteiger partial charge in [-0.15, -0.1) is 0 Å². The molecule has 2 unspecified atom stereocenters. The van der Waals surface area contributed by atoms with E-state index in [-0.39, 0.29) is 17.8 Å². The van der Waals surface area contributed by atoms with Gasteiger partial charge in [-0.1, -0.05) is 6.92 Å². The third kappa shape index (κ3) is 3.14. The summed E-state index contributed by atoms with van der Waals surface area (Å²) < 4.78 is 0. The molecule has 0 radical (unpaired) electrons. The maximum absolute atomic E-state index is 11.9. The first-order valence-electron chi connectivity index (χ1n) is 6.38. The van der Waals surface area contributed by atoms with Crippen LogP contribution in [0.15, 0.2) is 0 Å². The van der Waals surface area contributed by atoms with Crippen molar-refractivity contribution in [3.63, 3.8) is 0 Å². The second kappa shape index (κ2) is 5.16. The molecule has 5 heteroatoms. The molecular formula is C12H22N2O2S. The van der Waals surface area contributed by atoms with Crippen molar-refractivity contribution in [2.24, 2.45) is 11.7 Å². The molecule has 0 aromatic heterocycles. The zero-order chi connectivity index (χ0) is 12.5. The van der Waals surface area contributed by atoms with Crippen LogP contribution < -0.4 is 11.1 Å². The van der Waals surface area contributed by atoms with Gasteiger partial charge in [-0.2, -0.15) is 11.8 Å². The molecule has 1 amide bonds. The number of amides is 1. The van der Waals surface area contributed by atoms with E-state index in [1.165, 1.54) is 0 Å². The molecule has 2 atom stereocenters. The third-order valence-electron chi connectivity index (χ3n) is 3.61. The third-order valence-corrected chi connectivity index (χ3v) is 4.95. The number of aliphatic hydroxyl groups is 1. The Bertz CT molecular complexity index is 292. The molecule has 0 aromatic rings. The fourth-order valence-electron chi connectivity index (χ4n) is 2.12. The van der Waals surface area contributed by atoms with E-state index in [0.29, 0.717) is 17.7 Å². The average molecular weight is 258 g/mol. The van der Waals surface area contributed by atoms with Gasteiger partial charge >= 0.3 is 0 Å². The predicted molar refractivity (Wildman–Crippen MR) is 69.8 cm³/mol. The molecule has 0 spiro atoms. The first-order valence-corrected chi connectivity index (χ1v) is 7.43. The van der Waals surface area contributed by atoms with Crippen LogP contribution in [0.2, 0.25) is 0 Å². The lowest BCUT2D eigenvalue weighted by molar-refractivity contribution is -0.124. The molecule has 0 saturated heterocycles. The monoisotopic (exact) mass is 258 g/mol. The van der Waals surface area contributed by atoms with E-state index >= 15 is 0 Å². The Morgan fingerprint density at radius 2 is 2.18 bits per heavy atom. The molecule has 4 nitrogen and oxygen atoms in total. The van der Waals surface area contributed by atoms with Gasteiger partial charge in [0.15, 0.2) is 0 Å². The lowest BCUT2D eigenvalue weighted by atomic mass is 9.94. The second-order valence-electron chi connectivity index (χ2n) is 5.33. The van der Waals surface area contributed by atoms with Crippen molar-refractivity contribution in [1.82, 2.24) is 5.32 Å². The van der Waals surface area contributed by atoms with Crippen LogP contribution >= 0.6 is 11.8 Å². The van der Waals surface area contributed by atoms with Crippen molar-refractivity contribution in [3.05, 3.63) is 0 Å². The zero-order valence-corrected chi connectivity index (χ0v) is 11.1. The Kier molecular flexibility index (Phi) is 4.00. The summed E-state index contributed by atoms with van der Waals surface area (Å²) in [6.45, 7) is 2.12. The lowest BCUT2D eigenvalue weighted by Crippen LogP contribution is -2.60. The number of aliphatic hydroxyl groups excluding tert-OH is 1. The highest BCUT2D eigenvalue weighted by molar-refractivity contribution is 8.00. The van der Waals surface area contributed by atoms with Gasteiger partial charge in [0.2, 0.25) is 5.91 Å². The fraction of sp³-hybridized carbons (Fsp3) is 0.917. The molecular weight excluding hydrogens is 236 g/mol. The summed E-state index contributed by atoms with van der Waals surface area (Å²) in [6.07, 6.45) is 4.50. The molecule has 2 aliphatic rings. The van der Waals surface area contributed by atoms with Gasteiger partial charge in [0.1, 0.15) is 5.54 Å². The number of hydrogen-bond donors (Lipinski definition) is 3. The van der Waals surface area contributed by atoms with Gasteiger partial charge in [-0.05, 0) is 31.6 Å². The molecule has 2 rings (SSSR count). The van der Waals surface area contributed by atoms with Gasteiger partial charge in [0.05, 0.1) is 6.61 Å². The molecule has 0 bridgehead atoms. The highest BCUT2D eigenvalue weighted by atomic mass is 32.2. The van der Waals surface area contributed by atoms with Gasteiger partial charge in [-0.3, -0.25) is 10.1 Å². The van der Waals surface area contributed by atoms with Crippen molar-refractivity contribution in [2.45, 2.75) is 49.4 Å². The molecule has 2 saturated carbocycles. The van der Waals surface area contributed by atoms with Crippen LogP contribution in [-0.4, -0.2) is 40.2 Å². The molecule has 0 heterocycles. The van der Waals surface area contributed by atoms with Crippen LogP contribution in [0.5, 0.6) is 0 Å². The minimum atomic E-state index is -0.532. The Hall–Kier alpha value is -0.260. The quantitative estimate of drug-likeness (QED) is 0.592.